The van der Waals surface area contributed by atoms with Gasteiger partial charge in [-0.1, -0.05) is 12.1 Å². The van der Waals surface area contributed by atoms with Crippen molar-refractivity contribution in [3.63, 3.8) is 0 Å². The van der Waals surface area contributed by atoms with Gasteiger partial charge in [0.2, 0.25) is 11.8 Å². The minimum Gasteiger partial charge on any atom is -0.506 e. The fourth-order valence-corrected chi connectivity index (χ4v) is 16.8. The first-order valence-corrected chi connectivity index (χ1v) is 37.8. The molecule has 0 aliphatic carbocycles. The molecule has 12 N–H and O–H groups in total. The quantitative estimate of drug-likeness (QED) is 0.0258. The maximum absolute atomic E-state index is 15.2. The van der Waals surface area contributed by atoms with E-state index >= 15 is 19.2 Å². The van der Waals surface area contributed by atoms with Crippen molar-refractivity contribution in [1.82, 2.24) is 71.4 Å². The molecule has 12 bridgehead atoms. The Morgan fingerprint density at radius 3 is 2.23 bits per heavy atom. The molecule has 556 valence electrons. The molecule has 1 fully saturated rings. The summed E-state index contributed by atoms with van der Waals surface area (Å²) >= 11 is 4.36. The molecule has 4 aliphatic rings. The van der Waals surface area contributed by atoms with E-state index in [1.54, 1.807) is 45.0 Å². The number of aliphatic hydroxyl groups excluding tert-OH is 1. The molecule has 8 aromatic rings. The number of ether oxygens (including phenoxy) is 6. The number of hydrogen-bond acceptors (Lipinski definition) is 32. The number of nitrogens with one attached hydrogen (secondary N) is 6. The first-order valence-electron chi connectivity index (χ1n) is 31.8. The first kappa shape index (κ1) is 75.5. The zero-order chi connectivity index (χ0) is 75.2. The highest BCUT2D eigenvalue weighted by molar-refractivity contribution is 7.46. The number of carbonyl (C=O) groups excluding carboxylic acids is 8. The van der Waals surface area contributed by atoms with E-state index in [9.17, 15) is 44.3 Å². The Labute approximate surface area is 614 Å². The largest absolute Gasteiger partial charge is 0.506 e. The SMILES string of the molecule is CO/C(C)=C1/NC(=O)[C@H]([C@@H](C)O)NC(=O)c2csc(n2)-c2cc(O)c(-c3nc(C(=O)N[C@@H](C)C(=O)NCCOP(=O)(O)O)cs3)nc2-c2csc(n2)[C@@H]2COC(=O)c3c4c5c(cccc5n3O)COC(=O)[C@@H](O[C@H]3C[C@](C)(O)[C@H](N(C)C)[C@H](C)O3)[C@@H](OC4)[C@H](NC(=O)c3csc1n3)c1nc(cs1)C(=O)N2. The number of thiazole rings is 5. The zero-order valence-electron chi connectivity index (χ0n) is 56.5. The van der Waals surface area contributed by atoms with E-state index in [1.165, 1.54) is 66.9 Å². The normalized spacial score (nSPS) is 23.7. The van der Waals surface area contributed by atoms with Gasteiger partial charge in [-0.25, -0.2) is 44.1 Å². The van der Waals surface area contributed by atoms with Gasteiger partial charge in [0.05, 0.1) is 49.7 Å². The number of phosphoric ester groups is 1. The van der Waals surface area contributed by atoms with E-state index in [-0.39, 0.29) is 117 Å². The summed E-state index contributed by atoms with van der Waals surface area (Å²) < 4.78 is 53.7. The summed E-state index contributed by atoms with van der Waals surface area (Å²) in [5, 5.41) is 69.9. The minimum atomic E-state index is -4.82. The average molecular weight is 1560 g/mol. The average Bonchev–Trinajstić information content (AvgIpc) is 1.53. The molecule has 12 rings (SSSR count). The summed E-state index contributed by atoms with van der Waals surface area (Å²) in [5.41, 5.74) is -3.17. The Morgan fingerprint density at radius 2 is 1.51 bits per heavy atom. The van der Waals surface area contributed by atoms with Gasteiger partial charge >= 0.3 is 19.8 Å². The summed E-state index contributed by atoms with van der Waals surface area (Å²) in [7, 11) is -0.00852. The molecule has 42 heteroatoms. The van der Waals surface area contributed by atoms with Crippen LogP contribution in [0.5, 0.6) is 5.75 Å². The second kappa shape index (κ2) is 30.7. The third-order valence-electron chi connectivity index (χ3n) is 17.2. The molecule has 0 unspecified atom stereocenters. The lowest BCUT2D eigenvalue weighted by atomic mass is 9.85. The first-order chi connectivity index (χ1) is 49.9. The van der Waals surface area contributed by atoms with Crippen LogP contribution in [0.2, 0.25) is 0 Å². The van der Waals surface area contributed by atoms with Crippen molar-refractivity contribution >= 4 is 128 Å². The van der Waals surface area contributed by atoms with Crippen molar-refractivity contribution in [2.45, 2.75) is 121 Å². The monoisotopic (exact) mass is 1560 g/mol. The predicted octanol–water partition coefficient (Wildman–Crippen LogP) is 3.51. The van der Waals surface area contributed by atoms with Gasteiger partial charge < -0.3 is 95.5 Å². The summed E-state index contributed by atoms with van der Waals surface area (Å²) in [5.74, 6) is -8.16. The number of methoxy groups -OCH3 is 1. The molecule has 0 spiro atoms. The summed E-state index contributed by atoms with van der Waals surface area (Å²) in [6, 6.07) is -0.711. The number of nitrogens with zero attached hydrogens (tertiary/aromatic N) is 8. The molecule has 4 aliphatic heterocycles. The summed E-state index contributed by atoms with van der Waals surface area (Å²) in [6.45, 7) is 4.63. The van der Waals surface area contributed by atoms with Crippen LogP contribution in [0.15, 0.2) is 56.9 Å². The topological polar surface area (TPSA) is 497 Å². The fourth-order valence-electron chi connectivity index (χ4n) is 12.3. The van der Waals surface area contributed by atoms with Gasteiger partial charge in [-0.05, 0) is 66.4 Å². The Morgan fingerprint density at radius 1 is 0.848 bits per heavy atom. The van der Waals surface area contributed by atoms with Gasteiger partial charge in [0.25, 0.3) is 23.6 Å². The van der Waals surface area contributed by atoms with Gasteiger partial charge in [0, 0.05) is 56.4 Å². The molecule has 11 heterocycles. The molecule has 1 saturated heterocycles. The molecule has 0 saturated carbocycles. The van der Waals surface area contributed by atoms with E-state index in [0.717, 1.165) is 56.7 Å². The smallest absolute Gasteiger partial charge is 0.469 e. The van der Waals surface area contributed by atoms with Crippen LogP contribution in [0, 0.1) is 0 Å². The fraction of sp³-hybridized carbons (Fsp3) is 0.397. The van der Waals surface area contributed by atoms with E-state index in [4.69, 9.17) is 53.2 Å². The van der Waals surface area contributed by atoms with Gasteiger partial charge in [-0.15, -0.1) is 56.7 Å². The Bertz CT molecular complexity index is 4830. The van der Waals surface area contributed by atoms with Gasteiger partial charge in [-0.3, -0.25) is 33.3 Å². The van der Waals surface area contributed by atoms with Crippen LogP contribution in [0.1, 0.15) is 132 Å². The molecular weight excluding hydrogens is 1500 g/mol. The molecular formula is C63H67N14O22PS5. The van der Waals surface area contributed by atoms with Gasteiger partial charge in [-0.2, -0.15) is 4.73 Å². The minimum absolute atomic E-state index is 0.00695. The van der Waals surface area contributed by atoms with Crippen molar-refractivity contribution in [2.24, 2.45) is 0 Å². The van der Waals surface area contributed by atoms with Crippen LogP contribution in [-0.4, -0.2) is 213 Å². The molecule has 0 radical (unpaired) electrons. The zero-order valence-corrected chi connectivity index (χ0v) is 61.5. The van der Waals surface area contributed by atoms with E-state index in [1.807, 2.05) is 0 Å². The molecule has 11 atom stereocenters. The lowest BCUT2D eigenvalue weighted by Crippen LogP contribution is -2.62. The van der Waals surface area contributed by atoms with Gasteiger partial charge in [0.1, 0.15) is 126 Å². The third kappa shape index (κ3) is 16.0. The highest BCUT2D eigenvalue weighted by Crippen LogP contribution is 2.43. The number of carbonyl (C=O) groups is 8. The van der Waals surface area contributed by atoms with Crippen LogP contribution in [0.25, 0.3) is 49.3 Å². The summed E-state index contributed by atoms with van der Waals surface area (Å²) in [4.78, 5) is 163. The maximum atomic E-state index is 15.2. The summed E-state index contributed by atoms with van der Waals surface area (Å²) in [6.07, 6.45) is -7.66. The van der Waals surface area contributed by atoms with Crippen LogP contribution >= 0.6 is 64.5 Å². The molecule has 1 aromatic carbocycles. The number of hydrogen-bond donors (Lipinski definition) is 12. The highest BCUT2D eigenvalue weighted by Gasteiger charge is 2.50. The number of amides is 6. The molecule has 105 heavy (non-hydrogen) atoms. The number of esters is 2. The number of aliphatic hydroxyl groups is 2. The van der Waals surface area contributed by atoms with Crippen molar-refractivity contribution < 1.29 is 106 Å². The van der Waals surface area contributed by atoms with Crippen LogP contribution in [0.3, 0.4) is 0 Å². The lowest BCUT2D eigenvalue weighted by molar-refractivity contribution is -0.280. The number of aromatic nitrogens is 7. The number of phosphoric acid groups is 1. The predicted molar refractivity (Wildman–Crippen MR) is 372 cm³/mol. The molecule has 7 aromatic heterocycles. The Balaban J connectivity index is 1.00. The van der Waals surface area contributed by atoms with Crippen molar-refractivity contribution in [3.05, 3.63) is 112 Å². The van der Waals surface area contributed by atoms with E-state index in [0.29, 0.717) is 4.73 Å². The number of pyridine rings is 1. The van der Waals surface area contributed by atoms with Crippen LogP contribution in [-0.2, 0) is 65.1 Å². The van der Waals surface area contributed by atoms with Crippen molar-refractivity contribution in [3.8, 4) is 38.4 Å². The second-order valence-corrected chi connectivity index (χ2v) is 30.4. The number of aromatic hydroxyl groups is 1. The third-order valence-corrected chi connectivity index (χ3v) is 22.1. The lowest BCUT2D eigenvalue weighted by Gasteiger charge is -2.48. The number of cyclic esters (lactones) is 2. The number of benzene rings is 1. The number of allylic oxidation sites excluding steroid dienone is 1. The maximum Gasteiger partial charge on any atom is 0.469 e. The number of rotatable bonds is 13. The van der Waals surface area contributed by atoms with Gasteiger partial charge in [0.15, 0.2) is 18.1 Å². The number of fused-ring (bicyclic) bond motifs is 15. The van der Waals surface area contributed by atoms with E-state index < -0.39 is 160 Å². The molecule has 36 nitrogen and oxygen atoms in total. The van der Waals surface area contributed by atoms with Crippen molar-refractivity contribution in [1.29, 1.82) is 0 Å². The Kier molecular flexibility index (Phi) is 22.1. The standard InChI is InChI=1S/C63H67N14O22PS5/c1-24(50(80)64-12-13-97-100(90,91)92)65-51(81)33-21-104-59(70-33)44-38(79)14-29-43(72-44)32-19-102-57(67-32)31-18-96-61(86)46-30-17-94-47(48(99-39-15-63(5,88)49(76(6)7)27(4)98-39)62(87)95-16-28-10-9-11-37(40(28)30)77(46)89)45(60-71-34(22-105-60)52(82)66-31)75-54(84)36-23-103-58(69-36)42(26(3)93-8)74-55(85)41(25(2)78)73-53(83)35-20-101-56(29)68-35/h9-11,14,19-25,27,31,39,41,45,47-49,78-79,88-89H,12-13,15-18H2,1-8H3,(H,64,80)(H,65,81)(H,66,82)(H,73,83)(H,74,85)(H,75,84)(H2,90,91,92)/b42-26+/t24-,25+,27-,31-,39-,41-,45-,47-,48-,49+,63-/m0/s1. The van der Waals surface area contributed by atoms with Crippen LogP contribution in [0.4, 0.5) is 0 Å². The van der Waals surface area contributed by atoms with E-state index in [2.05, 4.69) is 51.4 Å². The molecule has 6 amide bonds. The number of likely N-dealkylation sites (N-methyl/N-ethyl adjacent to an activating group) is 1. The van der Waals surface area contributed by atoms with Crippen LogP contribution < -0.4 is 31.9 Å². The second-order valence-electron chi connectivity index (χ2n) is 24.8. The highest BCUT2D eigenvalue weighted by atomic mass is 32.1. The Hall–Kier alpha value is -9.17. The van der Waals surface area contributed by atoms with Crippen molar-refractivity contribution in [2.75, 3.05) is 41.0 Å².